The summed E-state index contributed by atoms with van der Waals surface area (Å²) in [5.41, 5.74) is 4.78. The van der Waals surface area contributed by atoms with Gasteiger partial charge in [0.25, 0.3) is 0 Å². The molecule has 1 atom stereocenters. The molecule has 5 aromatic rings. The fraction of sp³-hybridized carbons (Fsp3) is 0.378. The van der Waals surface area contributed by atoms with Gasteiger partial charge in [-0.25, -0.2) is 19.7 Å². The number of benzene rings is 1. The number of nitrogens with zero attached hydrogens (tertiary/aromatic N) is 9. The summed E-state index contributed by atoms with van der Waals surface area (Å²) in [6.07, 6.45) is 17.7. The molecule has 12 nitrogen and oxygen atoms in total. The lowest BCUT2D eigenvalue weighted by Gasteiger charge is -2.31. The minimum absolute atomic E-state index is 0.0394. The van der Waals surface area contributed by atoms with Crippen LogP contribution in [-0.2, 0) is 20.1 Å². The van der Waals surface area contributed by atoms with E-state index in [0.29, 0.717) is 42.0 Å². The van der Waals surface area contributed by atoms with Crippen LogP contribution in [0.2, 0.25) is 0 Å². The third kappa shape index (κ3) is 8.87. The van der Waals surface area contributed by atoms with Gasteiger partial charge >= 0.3 is 6.03 Å². The number of hydrogen-bond donors (Lipinski definition) is 2. The highest BCUT2D eigenvalue weighted by Crippen LogP contribution is 2.31. The molecule has 1 aliphatic rings. The number of pyridine rings is 1. The Kier molecular flexibility index (Phi) is 10.9. The van der Waals surface area contributed by atoms with Gasteiger partial charge in [0.2, 0.25) is 5.95 Å². The summed E-state index contributed by atoms with van der Waals surface area (Å²) in [4.78, 5) is 29.5. The van der Waals surface area contributed by atoms with E-state index >= 15 is 0 Å². The van der Waals surface area contributed by atoms with E-state index < -0.39 is 0 Å². The number of aromatic nitrogens is 7. The van der Waals surface area contributed by atoms with Crippen LogP contribution in [0.15, 0.2) is 79.6 Å². The summed E-state index contributed by atoms with van der Waals surface area (Å²) >= 11 is 0. The van der Waals surface area contributed by atoms with Gasteiger partial charge in [0.15, 0.2) is 0 Å². The number of urea groups is 1. The second-order valence-corrected chi connectivity index (χ2v) is 12.6. The lowest BCUT2D eigenvalue weighted by atomic mass is 10.0. The van der Waals surface area contributed by atoms with Crippen molar-refractivity contribution in [2.45, 2.75) is 71.0 Å². The molecule has 1 aliphatic carbocycles. The van der Waals surface area contributed by atoms with E-state index in [1.807, 2.05) is 77.7 Å². The second-order valence-electron chi connectivity index (χ2n) is 12.6. The van der Waals surface area contributed by atoms with Gasteiger partial charge < -0.3 is 10.6 Å². The van der Waals surface area contributed by atoms with Crippen LogP contribution in [0.5, 0.6) is 0 Å². The van der Waals surface area contributed by atoms with Crippen molar-refractivity contribution in [3.05, 3.63) is 90.8 Å². The van der Waals surface area contributed by atoms with Crippen molar-refractivity contribution in [3.63, 3.8) is 0 Å². The summed E-state index contributed by atoms with van der Waals surface area (Å²) in [5.74, 6) is 1.80. The van der Waals surface area contributed by atoms with Crippen LogP contribution in [0.25, 0.3) is 22.4 Å². The highest BCUT2D eigenvalue weighted by atomic mass is 16.2. The van der Waals surface area contributed by atoms with Crippen molar-refractivity contribution in [1.29, 1.82) is 5.26 Å². The minimum atomic E-state index is -0.166. The SMILES string of the molecule is CCCC(CCCCNc1ncc(C#N)c(-c2cnn(CC3CC3)c2)n1)N(C(=O)NCc1ccccc1)c1ccc(-c2cnn(C)c2)cn1. The summed E-state index contributed by atoms with van der Waals surface area (Å²) in [5, 5.41) is 24.9. The highest BCUT2D eigenvalue weighted by molar-refractivity contribution is 5.91. The van der Waals surface area contributed by atoms with Crippen LogP contribution in [0, 0.1) is 17.2 Å². The molecule has 0 saturated heterocycles. The zero-order valence-corrected chi connectivity index (χ0v) is 28.2. The van der Waals surface area contributed by atoms with Crippen LogP contribution in [0.1, 0.15) is 63.0 Å². The van der Waals surface area contributed by atoms with Crippen molar-refractivity contribution in [2.24, 2.45) is 13.0 Å². The Morgan fingerprint density at radius 2 is 1.82 bits per heavy atom. The zero-order valence-electron chi connectivity index (χ0n) is 28.2. The monoisotopic (exact) mass is 657 g/mol. The number of aryl methyl sites for hydroxylation is 1. The molecule has 1 fully saturated rings. The smallest absolute Gasteiger partial charge is 0.323 e. The lowest BCUT2D eigenvalue weighted by molar-refractivity contribution is 0.242. The van der Waals surface area contributed by atoms with E-state index in [2.05, 4.69) is 43.8 Å². The number of amides is 2. The van der Waals surface area contributed by atoms with E-state index in [1.54, 1.807) is 23.3 Å². The van der Waals surface area contributed by atoms with E-state index in [4.69, 9.17) is 4.98 Å². The third-order valence-corrected chi connectivity index (χ3v) is 8.73. The van der Waals surface area contributed by atoms with Gasteiger partial charge in [0.05, 0.1) is 29.8 Å². The van der Waals surface area contributed by atoms with Crippen molar-refractivity contribution >= 4 is 17.8 Å². The molecule has 1 saturated carbocycles. The average molecular weight is 658 g/mol. The Morgan fingerprint density at radius 1 is 0.980 bits per heavy atom. The van der Waals surface area contributed by atoms with Crippen molar-refractivity contribution in [2.75, 3.05) is 16.8 Å². The molecular weight excluding hydrogens is 614 g/mol. The Labute approximate surface area is 287 Å². The Hall–Kier alpha value is -5.57. The summed E-state index contributed by atoms with van der Waals surface area (Å²) < 4.78 is 3.70. The molecule has 0 bridgehead atoms. The number of carbonyl (C=O) groups excluding carboxylic acids is 1. The predicted octanol–water partition coefficient (Wildman–Crippen LogP) is 6.58. The molecule has 4 aromatic heterocycles. The van der Waals surface area contributed by atoms with Crippen LogP contribution < -0.4 is 15.5 Å². The van der Waals surface area contributed by atoms with Gasteiger partial charge in [0.1, 0.15) is 11.9 Å². The third-order valence-electron chi connectivity index (χ3n) is 8.73. The molecule has 0 aliphatic heterocycles. The molecule has 1 aromatic carbocycles. The normalized spacial score (nSPS) is 13.1. The predicted molar refractivity (Wildman–Crippen MR) is 189 cm³/mol. The van der Waals surface area contributed by atoms with Gasteiger partial charge in [-0.05, 0) is 62.1 Å². The van der Waals surface area contributed by atoms with Crippen molar-refractivity contribution in [3.8, 4) is 28.5 Å². The number of nitrogens with one attached hydrogen (secondary N) is 2. The first-order valence-corrected chi connectivity index (χ1v) is 17.1. The molecule has 4 heterocycles. The summed E-state index contributed by atoms with van der Waals surface area (Å²) in [6.45, 7) is 4.13. The maximum absolute atomic E-state index is 13.8. The summed E-state index contributed by atoms with van der Waals surface area (Å²) in [6, 6.07) is 15.8. The first kappa shape index (κ1) is 33.3. The number of unbranched alkanes of at least 4 members (excludes halogenated alkanes) is 1. The van der Waals surface area contributed by atoms with E-state index in [9.17, 15) is 10.1 Å². The number of anilines is 2. The average Bonchev–Trinajstić information content (AvgIpc) is 3.63. The summed E-state index contributed by atoms with van der Waals surface area (Å²) in [7, 11) is 1.89. The van der Waals surface area contributed by atoms with Crippen molar-refractivity contribution < 1.29 is 4.79 Å². The minimum Gasteiger partial charge on any atom is -0.354 e. The van der Waals surface area contributed by atoms with Crippen LogP contribution >= 0.6 is 0 Å². The fourth-order valence-corrected chi connectivity index (χ4v) is 5.95. The Bertz CT molecular complexity index is 1860. The van der Waals surface area contributed by atoms with E-state index in [-0.39, 0.29) is 12.1 Å². The number of carbonyl (C=O) groups is 1. The second kappa shape index (κ2) is 16.0. The highest BCUT2D eigenvalue weighted by Gasteiger charge is 2.26. The Morgan fingerprint density at radius 3 is 2.53 bits per heavy atom. The molecule has 1 unspecified atom stereocenters. The molecule has 49 heavy (non-hydrogen) atoms. The molecule has 0 radical (unpaired) electrons. The number of hydrogen-bond acceptors (Lipinski definition) is 8. The molecule has 12 heteroatoms. The molecular formula is C37H43N11O. The van der Waals surface area contributed by atoms with E-state index in [1.165, 1.54) is 12.8 Å². The molecule has 252 valence electrons. The van der Waals surface area contributed by atoms with Gasteiger partial charge in [0, 0.05) is 68.0 Å². The molecule has 2 N–H and O–H groups in total. The zero-order chi connectivity index (χ0) is 34.0. The maximum Gasteiger partial charge on any atom is 0.323 e. The van der Waals surface area contributed by atoms with Gasteiger partial charge in [-0.3, -0.25) is 14.3 Å². The lowest BCUT2D eigenvalue weighted by Crippen LogP contribution is -2.46. The van der Waals surface area contributed by atoms with Crippen LogP contribution in [0.3, 0.4) is 0 Å². The topological polar surface area (TPSA) is 142 Å². The first-order valence-electron chi connectivity index (χ1n) is 17.1. The molecule has 2 amide bonds. The maximum atomic E-state index is 13.8. The van der Waals surface area contributed by atoms with Gasteiger partial charge in [-0.15, -0.1) is 0 Å². The quantitative estimate of drug-likeness (QED) is 0.113. The van der Waals surface area contributed by atoms with Crippen molar-refractivity contribution in [1.82, 2.24) is 39.8 Å². The largest absolute Gasteiger partial charge is 0.354 e. The standard InChI is InChI=1S/C37H43N11O/c1-3-9-33(12-7-8-17-39-36-41-21-30(18-38)35(45-36)32-23-44-47(26-32)24-28-13-14-28)48(37(49)42-19-27-10-5-4-6-11-27)34-16-15-29(20-40-34)31-22-43-46(2)25-31/h4-6,10-11,15-16,20-23,25-26,28,33H,3,7-9,12-14,17,19,24H2,1-2H3,(H,42,49)(H,39,41,45). The first-order chi connectivity index (χ1) is 24.0. The fourth-order valence-electron chi connectivity index (χ4n) is 5.95. The molecule has 0 spiro atoms. The van der Waals surface area contributed by atoms with Crippen LogP contribution in [0.4, 0.5) is 16.6 Å². The van der Waals surface area contributed by atoms with Gasteiger partial charge in [-0.1, -0.05) is 43.7 Å². The Balaban J connectivity index is 1.10. The number of nitriles is 1. The van der Waals surface area contributed by atoms with Gasteiger partial charge in [-0.2, -0.15) is 15.5 Å². The molecule has 6 rings (SSSR count). The van der Waals surface area contributed by atoms with Crippen LogP contribution in [-0.4, -0.2) is 53.1 Å². The number of rotatable bonds is 16. The van der Waals surface area contributed by atoms with E-state index in [0.717, 1.165) is 60.9 Å².